The van der Waals surface area contributed by atoms with E-state index in [2.05, 4.69) is 20.9 Å². The van der Waals surface area contributed by atoms with Gasteiger partial charge in [-0.05, 0) is 25.5 Å². The molecule has 122 valence electrons. The number of carbonyl (C=O) groups excluding carboxylic acids is 1. The fraction of sp³-hybridized carbons (Fsp3) is 0.500. The molecule has 1 unspecified atom stereocenters. The van der Waals surface area contributed by atoms with Crippen molar-refractivity contribution in [2.45, 2.75) is 19.4 Å². The summed E-state index contributed by atoms with van der Waals surface area (Å²) in [7, 11) is 3.40. The van der Waals surface area contributed by atoms with E-state index < -0.39 is 0 Å². The van der Waals surface area contributed by atoms with Gasteiger partial charge in [-0.3, -0.25) is 9.79 Å². The molecule has 0 heterocycles. The molecule has 0 saturated carbocycles. The highest BCUT2D eigenvalue weighted by Gasteiger charge is 2.05. The maximum absolute atomic E-state index is 11.8. The van der Waals surface area contributed by atoms with Crippen LogP contribution in [0.3, 0.4) is 0 Å². The van der Waals surface area contributed by atoms with Gasteiger partial charge in [0.15, 0.2) is 5.96 Å². The zero-order valence-corrected chi connectivity index (χ0v) is 13.6. The van der Waals surface area contributed by atoms with Gasteiger partial charge in [0.2, 0.25) is 0 Å². The van der Waals surface area contributed by atoms with E-state index in [1.165, 1.54) is 0 Å². The normalized spacial score (nSPS) is 12.6. The van der Waals surface area contributed by atoms with Crippen LogP contribution in [-0.4, -0.2) is 51.8 Å². The lowest BCUT2D eigenvalue weighted by Crippen LogP contribution is -2.44. The molecule has 6 nitrogen and oxygen atoms in total. The molecule has 3 N–H and O–H groups in total. The minimum Gasteiger partial charge on any atom is -0.383 e. The summed E-state index contributed by atoms with van der Waals surface area (Å²) in [5.41, 5.74) is 0.682. The fourth-order valence-electron chi connectivity index (χ4n) is 1.91. The topological polar surface area (TPSA) is 74.8 Å². The summed E-state index contributed by atoms with van der Waals surface area (Å²) in [4.78, 5) is 16.0. The van der Waals surface area contributed by atoms with Crippen molar-refractivity contribution in [3.05, 3.63) is 35.9 Å². The minimum atomic E-state index is -0.0446. The number of ether oxygens (including phenoxy) is 1. The molecule has 0 bridgehead atoms. The van der Waals surface area contributed by atoms with Crippen LogP contribution in [0.25, 0.3) is 0 Å². The van der Waals surface area contributed by atoms with Crippen LogP contribution in [0.2, 0.25) is 0 Å². The van der Waals surface area contributed by atoms with Crippen molar-refractivity contribution < 1.29 is 9.53 Å². The zero-order valence-electron chi connectivity index (χ0n) is 13.6. The quantitative estimate of drug-likeness (QED) is 0.381. The average molecular weight is 306 g/mol. The van der Waals surface area contributed by atoms with Gasteiger partial charge in [-0.25, -0.2) is 0 Å². The molecule has 1 rings (SSSR count). The van der Waals surface area contributed by atoms with E-state index in [1.54, 1.807) is 26.3 Å². The van der Waals surface area contributed by atoms with Crippen LogP contribution < -0.4 is 16.0 Å². The fourth-order valence-corrected chi connectivity index (χ4v) is 1.91. The molecule has 1 amide bonds. The molecule has 1 atom stereocenters. The van der Waals surface area contributed by atoms with E-state index in [0.717, 1.165) is 18.9 Å². The molecule has 0 fully saturated rings. The zero-order chi connectivity index (χ0) is 16.2. The second-order valence-corrected chi connectivity index (χ2v) is 4.98. The summed E-state index contributed by atoms with van der Waals surface area (Å²) < 4.78 is 5.07. The van der Waals surface area contributed by atoms with Gasteiger partial charge in [-0.15, -0.1) is 0 Å². The molecule has 22 heavy (non-hydrogen) atoms. The summed E-state index contributed by atoms with van der Waals surface area (Å²) in [5.74, 6) is 0.691. The number of nitrogens with zero attached hydrogens (tertiary/aromatic N) is 1. The van der Waals surface area contributed by atoms with E-state index in [9.17, 15) is 4.79 Å². The number of aliphatic imine (C=N–C) groups is 1. The van der Waals surface area contributed by atoms with Crippen LogP contribution in [0.15, 0.2) is 35.3 Å². The number of methoxy groups -OCH3 is 1. The summed E-state index contributed by atoms with van der Waals surface area (Å²) in [6, 6.07) is 9.39. The lowest BCUT2D eigenvalue weighted by Gasteiger charge is -2.17. The highest BCUT2D eigenvalue weighted by atomic mass is 16.5. The van der Waals surface area contributed by atoms with E-state index in [4.69, 9.17) is 4.74 Å². The summed E-state index contributed by atoms with van der Waals surface area (Å²) in [6.07, 6.45) is 0.817. The predicted molar refractivity (Wildman–Crippen MR) is 89.2 cm³/mol. The Morgan fingerprint density at radius 3 is 2.55 bits per heavy atom. The van der Waals surface area contributed by atoms with Gasteiger partial charge in [0.25, 0.3) is 5.91 Å². The van der Waals surface area contributed by atoms with Crippen molar-refractivity contribution in [3.63, 3.8) is 0 Å². The number of rotatable bonds is 8. The van der Waals surface area contributed by atoms with Crippen LogP contribution >= 0.6 is 0 Å². The number of benzene rings is 1. The Balaban J connectivity index is 2.18. The third kappa shape index (κ3) is 7.08. The van der Waals surface area contributed by atoms with Gasteiger partial charge in [0.05, 0.1) is 6.61 Å². The van der Waals surface area contributed by atoms with Crippen molar-refractivity contribution >= 4 is 11.9 Å². The molecule has 0 aliphatic carbocycles. The molecule has 0 saturated heterocycles. The molecule has 0 spiro atoms. The lowest BCUT2D eigenvalue weighted by atomic mass is 10.2. The summed E-state index contributed by atoms with van der Waals surface area (Å²) in [6.45, 7) is 3.99. The van der Waals surface area contributed by atoms with Crippen LogP contribution in [0, 0.1) is 0 Å². The molecule has 1 aromatic rings. The maximum atomic E-state index is 11.8. The van der Waals surface area contributed by atoms with Gasteiger partial charge >= 0.3 is 0 Å². The van der Waals surface area contributed by atoms with E-state index in [0.29, 0.717) is 18.7 Å². The third-order valence-electron chi connectivity index (χ3n) is 2.99. The number of hydrogen-bond acceptors (Lipinski definition) is 3. The van der Waals surface area contributed by atoms with Gasteiger partial charge in [-0.2, -0.15) is 0 Å². The van der Waals surface area contributed by atoms with Gasteiger partial charge in [-0.1, -0.05) is 18.2 Å². The van der Waals surface area contributed by atoms with E-state index in [-0.39, 0.29) is 11.9 Å². The lowest BCUT2D eigenvalue weighted by molar-refractivity contribution is 0.0953. The molecule has 0 aliphatic heterocycles. The Labute approximate surface area is 132 Å². The largest absolute Gasteiger partial charge is 0.383 e. The first-order chi connectivity index (χ1) is 10.7. The predicted octanol–water partition coefficient (Wildman–Crippen LogP) is 1.01. The van der Waals surface area contributed by atoms with Crippen molar-refractivity contribution in [2.75, 3.05) is 33.9 Å². The number of guanidine groups is 1. The Hall–Kier alpha value is -2.08. The first kappa shape index (κ1) is 18.0. The molecule has 0 aromatic heterocycles. The van der Waals surface area contributed by atoms with Crippen LogP contribution in [0.4, 0.5) is 0 Å². The summed E-state index contributed by atoms with van der Waals surface area (Å²) in [5, 5.41) is 9.32. The second kappa shape index (κ2) is 10.6. The molecule has 6 heteroatoms. The van der Waals surface area contributed by atoms with Gasteiger partial charge in [0, 0.05) is 38.9 Å². The molecule has 0 radical (unpaired) electrons. The van der Waals surface area contributed by atoms with Crippen molar-refractivity contribution in [1.29, 1.82) is 0 Å². The standard InChI is InChI=1S/C16H26N4O2/c1-13(12-22-3)20-16(17-2)19-11-7-10-18-15(21)14-8-5-4-6-9-14/h4-6,8-9,13H,7,10-12H2,1-3H3,(H,18,21)(H2,17,19,20). The Morgan fingerprint density at radius 1 is 1.23 bits per heavy atom. The Morgan fingerprint density at radius 2 is 1.91 bits per heavy atom. The monoisotopic (exact) mass is 306 g/mol. The van der Waals surface area contributed by atoms with Crippen molar-refractivity contribution in [2.24, 2.45) is 4.99 Å². The van der Waals surface area contributed by atoms with Crippen molar-refractivity contribution in [1.82, 2.24) is 16.0 Å². The van der Waals surface area contributed by atoms with Crippen LogP contribution in [0.5, 0.6) is 0 Å². The third-order valence-corrected chi connectivity index (χ3v) is 2.99. The molecule has 1 aromatic carbocycles. The number of amides is 1. The second-order valence-electron chi connectivity index (χ2n) is 4.98. The highest BCUT2D eigenvalue weighted by molar-refractivity contribution is 5.94. The number of carbonyl (C=O) groups is 1. The first-order valence-electron chi connectivity index (χ1n) is 7.46. The van der Waals surface area contributed by atoms with Crippen molar-refractivity contribution in [3.8, 4) is 0 Å². The summed E-state index contributed by atoms with van der Waals surface area (Å²) >= 11 is 0. The SMILES string of the molecule is CN=C(NCCCNC(=O)c1ccccc1)NC(C)COC. The smallest absolute Gasteiger partial charge is 0.251 e. The number of nitrogens with one attached hydrogen (secondary N) is 3. The van der Waals surface area contributed by atoms with Gasteiger partial charge in [0.1, 0.15) is 0 Å². The van der Waals surface area contributed by atoms with Crippen LogP contribution in [0.1, 0.15) is 23.7 Å². The molecule has 0 aliphatic rings. The highest BCUT2D eigenvalue weighted by Crippen LogP contribution is 1.97. The maximum Gasteiger partial charge on any atom is 0.251 e. The Bertz CT molecular complexity index is 462. The molecular weight excluding hydrogens is 280 g/mol. The van der Waals surface area contributed by atoms with Gasteiger partial charge < -0.3 is 20.7 Å². The Kier molecular flexibility index (Phi) is 8.67. The number of hydrogen-bond donors (Lipinski definition) is 3. The van der Waals surface area contributed by atoms with E-state index >= 15 is 0 Å². The molecular formula is C16H26N4O2. The van der Waals surface area contributed by atoms with E-state index in [1.807, 2.05) is 25.1 Å². The minimum absolute atomic E-state index is 0.0446. The van der Waals surface area contributed by atoms with Crippen LogP contribution in [-0.2, 0) is 4.74 Å². The average Bonchev–Trinajstić information content (AvgIpc) is 2.54. The first-order valence-corrected chi connectivity index (χ1v) is 7.46.